The van der Waals surface area contributed by atoms with E-state index in [1.54, 1.807) is 0 Å². The van der Waals surface area contributed by atoms with E-state index in [0.29, 0.717) is 0 Å². The molecule has 0 fully saturated rings. The summed E-state index contributed by atoms with van der Waals surface area (Å²) in [5, 5.41) is 0. The normalized spacial score (nSPS) is 20.5. The van der Waals surface area contributed by atoms with E-state index in [0.717, 1.165) is 63.9 Å². The highest BCUT2D eigenvalue weighted by Gasteiger charge is 2.48. The molecule has 5 heteroatoms. The van der Waals surface area contributed by atoms with Crippen LogP contribution in [0.2, 0.25) is 0 Å². The molecule has 5 nitrogen and oxygen atoms in total. The third-order valence-corrected chi connectivity index (χ3v) is 9.69. The highest BCUT2D eigenvalue weighted by Crippen LogP contribution is 2.52. The van der Waals surface area contributed by atoms with Crippen molar-refractivity contribution in [3.8, 4) is 0 Å². The molecule has 3 atom stereocenters. The quantitative estimate of drug-likeness (QED) is 0.175. The van der Waals surface area contributed by atoms with Crippen LogP contribution in [0.25, 0.3) is 22.3 Å². The van der Waals surface area contributed by atoms with Gasteiger partial charge < -0.3 is 0 Å². The van der Waals surface area contributed by atoms with Crippen LogP contribution in [0.15, 0.2) is 163 Å². The number of benzene rings is 5. The van der Waals surface area contributed by atoms with Crippen molar-refractivity contribution in [2.24, 2.45) is 4.99 Å². The fraction of sp³-hybridized carbons (Fsp3) is 0.140. The second-order valence-electron chi connectivity index (χ2n) is 12.3. The van der Waals surface area contributed by atoms with Crippen LogP contribution in [-0.2, 0) is 5.41 Å². The molecule has 2 aliphatic rings. The van der Waals surface area contributed by atoms with E-state index in [1.807, 2.05) is 12.1 Å². The summed E-state index contributed by atoms with van der Waals surface area (Å²) in [6.07, 6.45) is 4.84. The Balaban J connectivity index is 1.40. The molecule has 3 unspecified atom stereocenters. The number of nitrogens with one attached hydrogen (secondary N) is 1. The van der Waals surface area contributed by atoms with E-state index < -0.39 is 5.41 Å². The Bertz CT molecular complexity index is 2110. The summed E-state index contributed by atoms with van der Waals surface area (Å²) in [7, 11) is 0. The number of allylic oxidation sites excluding steroid dienone is 2. The molecule has 1 N–H and O–H groups in total. The van der Waals surface area contributed by atoms with Gasteiger partial charge in [-0.3, -0.25) is 14.8 Å². The SMILES string of the molecule is CCN1c2nc3ccccc3nc2[NH+](CC)C1/C=C/C1(c2ccccc2)C(c2ccccc2)=NC(c2ccccc2)=C1c1ccccc1. The maximum Gasteiger partial charge on any atom is 0.272 e. The molecule has 3 heterocycles. The standard InChI is InChI=1S/C43H37N5/c1-3-47-37(48(4-2)42-41(47)44-35-27-17-18-28-36(35)45-42)29-30-43(34-25-15-8-16-26-34)38(31-19-9-5-10-20-31)39(32-21-11-6-12-22-32)46-40(43)33-23-13-7-14-24-33/h5-30,37H,3-4H2,1-2H3/p+1/b30-29+. The van der Waals surface area contributed by atoms with Crippen molar-refractivity contribution in [3.05, 3.63) is 180 Å². The van der Waals surface area contributed by atoms with Gasteiger partial charge in [-0.25, -0.2) is 4.98 Å². The van der Waals surface area contributed by atoms with E-state index in [9.17, 15) is 0 Å². The molecule has 6 aromatic rings. The number of aliphatic imine (C=N–C) groups is 1. The fourth-order valence-electron chi connectivity index (χ4n) is 7.51. The van der Waals surface area contributed by atoms with Crippen LogP contribution in [0, 0.1) is 0 Å². The Morgan fingerprint density at radius 1 is 0.646 bits per heavy atom. The Kier molecular flexibility index (Phi) is 7.75. The number of para-hydroxylation sites is 2. The number of rotatable bonds is 8. The van der Waals surface area contributed by atoms with Crippen molar-refractivity contribution < 1.29 is 4.90 Å². The molecule has 48 heavy (non-hydrogen) atoms. The predicted octanol–water partition coefficient (Wildman–Crippen LogP) is 7.90. The van der Waals surface area contributed by atoms with E-state index in [4.69, 9.17) is 15.0 Å². The first kappa shape index (κ1) is 29.7. The second kappa shape index (κ2) is 12.5. The number of fused-ring (bicyclic) bond motifs is 2. The smallest absolute Gasteiger partial charge is 0.272 e. The number of likely N-dealkylation sites (N-methyl/N-ethyl adjacent to an activating group) is 2. The largest absolute Gasteiger partial charge is 0.297 e. The maximum absolute atomic E-state index is 5.62. The molecular formula is C43H38N5+. The molecule has 5 aromatic carbocycles. The molecular weight excluding hydrogens is 587 g/mol. The molecule has 0 aliphatic carbocycles. The zero-order valence-electron chi connectivity index (χ0n) is 27.3. The Morgan fingerprint density at radius 3 is 1.79 bits per heavy atom. The molecule has 0 spiro atoms. The van der Waals surface area contributed by atoms with Crippen molar-refractivity contribution >= 4 is 39.7 Å². The van der Waals surface area contributed by atoms with Crippen molar-refractivity contribution in [2.75, 3.05) is 18.0 Å². The molecule has 0 saturated heterocycles. The monoisotopic (exact) mass is 624 g/mol. The van der Waals surface area contributed by atoms with E-state index in [2.05, 4.69) is 164 Å². The highest BCUT2D eigenvalue weighted by atomic mass is 15.5. The van der Waals surface area contributed by atoms with Gasteiger partial charge in [-0.1, -0.05) is 140 Å². The van der Waals surface area contributed by atoms with Gasteiger partial charge in [-0.2, -0.15) is 4.98 Å². The summed E-state index contributed by atoms with van der Waals surface area (Å²) in [4.78, 5) is 19.7. The van der Waals surface area contributed by atoms with Gasteiger partial charge in [0.15, 0.2) is 6.17 Å². The molecule has 0 radical (unpaired) electrons. The first-order chi connectivity index (χ1) is 23.7. The van der Waals surface area contributed by atoms with E-state index in [1.165, 1.54) is 16.0 Å². The first-order valence-corrected chi connectivity index (χ1v) is 16.9. The van der Waals surface area contributed by atoms with Crippen LogP contribution in [0.1, 0.15) is 36.1 Å². The van der Waals surface area contributed by atoms with Crippen LogP contribution in [0.5, 0.6) is 0 Å². The fourth-order valence-corrected chi connectivity index (χ4v) is 7.51. The minimum Gasteiger partial charge on any atom is -0.297 e. The topological polar surface area (TPSA) is 45.8 Å². The Labute approximate surface area is 282 Å². The molecule has 8 rings (SSSR count). The lowest BCUT2D eigenvalue weighted by atomic mass is 9.67. The van der Waals surface area contributed by atoms with Gasteiger partial charge in [-0.15, -0.1) is 0 Å². The van der Waals surface area contributed by atoms with Gasteiger partial charge in [0.25, 0.3) is 5.82 Å². The molecule has 234 valence electrons. The molecule has 0 saturated carbocycles. The first-order valence-electron chi connectivity index (χ1n) is 16.9. The summed E-state index contributed by atoms with van der Waals surface area (Å²) >= 11 is 0. The van der Waals surface area contributed by atoms with Gasteiger partial charge in [0, 0.05) is 17.7 Å². The number of quaternary nitrogens is 1. The van der Waals surface area contributed by atoms with Crippen LogP contribution in [0.4, 0.5) is 11.6 Å². The summed E-state index contributed by atoms with van der Waals surface area (Å²) in [6, 6.07) is 51.1. The third-order valence-electron chi connectivity index (χ3n) is 9.69. The van der Waals surface area contributed by atoms with Crippen LogP contribution in [-0.4, -0.2) is 34.9 Å². The van der Waals surface area contributed by atoms with Crippen molar-refractivity contribution in [1.29, 1.82) is 0 Å². The minimum absolute atomic E-state index is 0.00206. The number of hydrogen-bond donors (Lipinski definition) is 1. The van der Waals surface area contributed by atoms with Gasteiger partial charge in [0.05, 0.1) is 34.4 Å². The van der Waals surface area contributed by atoms with E-state index in [-0.39, 0.29) is 6.17 Å². The Morgan fingerprint density at radius 2 is 1.19 bits per heavy atom. The van der Waals surface area contributed by atoms with Gasteiger partial charge in [-0.05, 0) is 48.7 Å². The van der Waals surface area contributed by atoms with Crippen molar-refractivity contribution in [3.63, 3.8) is 0 Å². The molecule has 0 bridgehead atoms. The van der Waals surface area contributed by atoms with E-state index >= 15 is 0 Å². The lowest BCUT2D eigenvalue weighted by Gasteiger charge is -2.34. The predicted molar refractivity (Wildman–Crippen MR) is 197 cm³/mol. The van der Waals surface area contributed by atoms with Crippen LogP contribution in [0.3, 0.4) is 0 Å². The number of anilines is 1. The minimum atomic E-state index is -0.687. The van der Waals surface area contributed by atoms with Crippen molar-refractivity contribution in [1.82, 2.24) is 9.97 Å². The summed E-state index contributed by atoms with van der Waals surface area (Å²) in [5.41, 5.74) is 8.87. The maximum atomic E-state index is 5.62. The second-order valence-corrected chi connectivity index (χ2v) is 12.3. The summed E-state index contributed by atoms with van der Waals surface area (Å²) in [6.45, 7) is 6.13. The lowest BCUT2D eigenvalue weighted by molar-refractivity contribution is -0.846. The average molecular weight is 625 g/mol. The third kappa shape index (κ3) is 4.86. The number of aromatic nitrogens is 2. The highest BCUT2D eigenvalue weighted by molar-refractivity contribution is 6.26. The van der Waals surface area contributed by atoms with Crippen LogP contribution < -0.4 is 9.80 Å². The van der Waals surface area contributed by atoms with Crippen LogP contribution >= 0.6 is 0 Å². The summed E-state index contributed by atoms with van der Waals surface area (Å²) in [5.74, 6) is 1.97. The van der Waals surface area contributed by atoms with Crippen molar-refractivity contribution in [2.45, 2.75) is 25.4 Å². The van der Waals surface area contributed by atoms with Gasteiger partial charge >= 0.3 is 0 Å². The van der Waals surface area contributed by atoms with Gasteiger partial charge in [0.2, 0.25) is 5.82 Å². The Hall–Kier alpha value is -5.65. The number of hydrogen-bond acceptors (Lipinski definition) is 4. The average Bonchev–Trinajstić information content (AvgIpc) is 3.66. The molecule has 0 amide bonds. The molecule has 1 aromatic heterocycles. The molecule has 2 aliphatic heterocycles. The lowest BCUT2D eigenvalue weighted by Crippen LogP contribution is -3.11. The number of nitrogens with zero attached hydrogens (tertiary/aromatic N) is 4. The summed E-state index contributed by atoms with van der Waals surface area (Å²) < 4.78 is 0. The van der Waals surface area contributed by atoms with Gasteiger partial charge in [0.1, 0.15) is 0 Å². The zero-order valence-corrected chi connectivity index (χ0v) is 27.3. The zero-order chi connectivity index (χ0) is 32.5.